The van der Waals surface area contributed by atoms with Crippen LogP contribution in [0.1, 0.15) is 30.1 Å². The summed E-state index contributed by atoms with van der Waals surface area (Å²) in [6.45, 7) is 2.71. The van der Waals surface area contributed by atoms with Crippen LogP contribution in [0.2, 0.25) is 5.02 Å². The maximum Gasteiger partial charge on any atom is 0.252 e. The second-order valence-electron chi connectivity index (χ2n) is 3.45. The van der Waals surface area contributed by atoms with Crippen LogP contribution in [0.5, 0.6) is 0 Å². The van der Waals surface area contributed by atoms with Crippen LogP contribution < -0.4 is 5.32 Å². The monoisotopic (exact) mass is 304 g/mol. The van der Waals surface area contributed by atoms with Crippen LogP contribution in [0.25, 0.3) is 0 Å². The Hall–Kier alpha value is -0.610. The van der Waals surface area contributed by atoms with E-state index in [0.717, 1.165) is 12.8 Å². The number of nitrogens with one attached hydrogen (secondary N) is 1. The Morgan fingerprint density at radius 3 is 3.06 bits per heavy atom. The molecule has 3 nitrogen and oxygen atoms in total. The minimum Gasteiger partial charge on any atom is -0.351 e. The van der Waals surface area contributed by atoms with Crippen molar-refractivity contribution >= 4 is 33.4 Å². The molecule has 0 saturated heterocycles. The highest BCUT2D eigenvalue weighted by Crippen LogP contribution is 2.13. The van der Waals surface area contributed by atoms with Gasteiger partial charge in [-0.1, -0.05) is 40.9 Å². The SMILES string of the molecule is CCCC(Br)CNC(=O)c1ccncc1Cl. The number of amides is 1. The molecule has 1 unspecified atom stereocenters. The Morgan fingerprint density at radius 2 is 2.44 bits per heavy atom. The van der Waals surface area contributed by atoms with Crippen LogP contribution in [-0.2, 0) is 0 Å². The lowest BCUT2D eigenvalue weighted by atomic mass is 10.2. The first kappa shape index (κ1) is 13.5. The molecule has 1 N–H and O–H groups in total. The quantitative estimate of drug-likeness (QED) is 0.850. The van der Waals surface area contributed by atoms with Crippen molar-refractivity contribution in [3.63, 3.8) is 0 Å². The summed E-state index contributed by atoms with van der Waals surface area (Å²) in [5, 5.41) is 3.20. The van der Waals surface area contributed by atoms with E-state index in [2.05, 4.69) is 33.2 Å². The molecule has 0 aliphatic heterocycles. The molecule has 0 saturated carbocycles. The molecule has 0 aromatic carbocycles. The summed E-state index contributed by atoms with van der Waals surface area (Å²) in [7, 11) is 0. The molecule has 1 aromatic rings. The minimum atomic E-state index is -0.159. The number of hydrogen-bond donors (Lipinski definition) is 1. The Kier molecular flexibility index (Phi) is 5.77. The lowest BCUT2D eigenvalue weighted by Crippen LogP contribution is -2.29. The van der Waals surface area contributed by atoms with Crippen LogP contribution >= 0.6 is 27.5 Å². The standard InChI is InChI=1S/C11H14BrClN2O/c1-2-3-8(12)6-15-11(16)9-4-5-14-7-10(9)13/h4-5,7-8H,2-3,6H2,1H3,(H,15,16). The average molecular weight is 306 g/mol. The maximum absolute atomic E-state index is 11.7. The summed E-state index contributed by atoms with van der Waals surface area (Å²) < 4.78 is 0. The first-order chi connectivity index (χ1) is 7.65. The lowest BCUT2D eigenvalue weighted by Gasteiger charge is -2.10. The fourth-order valence-electron chi connectivity index (χ4n) is 1.27. The first-order valence-corrected chi connectivity index (χ1v) is 6.46. The van der Waals surface area contributed by atoms with Crippen molar-refractivity contribution in [3.05, 3.63) is 29.0 Å². The Balaban J connectivity index is 2.50. The average Bonchev–Trinajstić information content (AvgIpc) is 2.27. The van der Waals surface area contributed by atoms with E-state index in [4.69, 9.17) is 11.6 Å². The third-order valence-electron chi connectivity index (χ3n) is 2.10. The minimum absolute atomic E-state index is 0.159. The molecule has 0 fully saturated rings. The highest BCUT2D eigenvalue weighted by molar-refractivity contribution is 9.09. The first-order valence-electron chi connectivity index (χ1n) is 5.17. The van der Waals surface area contributed by atoms with E-state index in [-0.39, 0.29) is 5.91 Å². The van der Waals surface area contributed by atoms with Crippen molar-refractivity contribution in [1.82, 2.24) is 10.3 Å². The highest BCUT2D eigenvalue weighted by atomic mass is 79.9. The van der Waals surface area contributed by atoms with Gasteiger partial charge in [0.25, 0.3) is 5.91 Å². The van der Waals surface area contributed by atoms with Crippen molar-refractivity contribution in [2.45, 2.75) is 24.6 Å². The van der Waals surface area contributed by atoms with Gasteiger partial charge in [0.05, 0.1) is 10.6 Å². The predicted octanol–water partition coefficient (Wildman–Crippen LogP) is 3.03. The smallest absolute Gasteiger partial charge is 0.252 e. The molecule has 1 heterocycles. The van der Waals surface area contributed by atoms with E-state index < -0.39 is 0 Å². The lowest BCUT2D eigenvalue weighted by molar-refractivity contribution is 0.0953. The second kappa shape index (κ2) is 6.86. The van der Waals surface area contributed by atoms with Gasteiger partial charge in [-0.2, -0.15) is 0 Å². The Labute approximate surface area is 109 Å². The summed E-state index contributed by atoms with van der Waals surface area (Å²) in [6, 6.07) is 1.61. The Morgan fingerprint density at radius 1 is 1.69 bits per heavy atom. The molecular weight excluding hydrogens is 291 g/mol. The summed E-state index contributed by atoms with van der Waals surface area (Å²) >= 11 is 9.36. The van der Waals surface area contributed by atoms with Crippen molar-refractivity contribution in [2.24, 2.45) is 0 Å². The van der Waals surface area contributed by atoms with Crippen LogP contribution in [0.3, 0.4) is 0 Å². The summed E-state index contributed by atoms with van der Waals surface area (Å²) in [5.74, 6) is -0.159. The Bertz CT molecular complexity index is 360. The van der Waals surface area contributed by atoms with Gasteiger partial charge in [0.15, 0.2) is 0 Å². The number of rotatable bonds is 5. The molecule has 0 aliphatic carbocycles. The van der Waals surface area contributed by atoms with Gasteiger partial charge in [0.1, 0.15) is 0 Å². The molecule has 1 rings (SSSR count). The number of carbonyl (C=O) groups excluding carboxylic acids is 1. The summed E-state index contributed by atoms with van der Waals surface area (Å²) in [5.41, 5.74) is 0.466. The molecule has 0 aliphatic rings. The molecule has 16 heavy (non-hydrogen) atoms. The predicted molar refractivity (Wildman–Crippen MR) is 69.2 cm³/mol. The van der Waals surface area contributed by atoms with Gasteiger partial charge in [0.2, 0.25) is 0 Å². The third-order valence-corrected chi connectivity index (χ3v) is 3.19. The number of halogens is 2. The normalized spacial score (nSPS) is 12.2. The second-order valence-corrected chi connectivity index (χ2v) is 5.15. The van der Waals surface area contributed by atoms with E-state index in [1.54, 1.807) is 12.3 Å². The van der Waals surface area contributed by atoms with Crippen LogP contribution in [0.4, 0.5) is 0 Å². The largest absolute Gasteiger partial charge is 0.351 e. The van der Waals surface area contributed by atoms with Gasteiger partial charge < -0.3 is 5.32 Å². The van der Waals surface area contributed by atoms with Crippen LogP contribution in [-0.4, -0.2) is 22.3 Å². The van der Waals surface area contributed by atoms with Gasteiger partial charge in [-0.25, -0.2) is 0 Å². The van der Waals surface area contributed by atoms with Crippen LogP contribution in [0.15, 0.2) is 18.5 Å². The van der Waals surface area contributed by atoms with E-state index in [9.17, 15) is 4.79 Å². The number of alkyl halides is 1. The van der Waals surface area contributed by atoms with Crippen molar-refractivity contribution in [1.29, 1.82) is 0 Å². The molecule has 0 bridgehead atoms. The maximum atomic E-state index is 11.7. The molecule has 88 valence electrons. The fourth-order valence-corrected chi connectivity index (χ4v) is 2.10. The van der Waals surface area contributed by atoms with Gasteiger partial charge in [0, 0.05) is 23.8 Å². The van der Waals surface area contributed by atoms with Crippen LogP contribution in [0, 0.1) is 0 Å². The molecule has 1 atom stereocenters. The molecule has 0 spiro atoms. The van der Waals surface area contributed by atoms with Gasteiger partial charge in [-0.05, 0) is 12.5 Å². The van der Waals surface area contributed by atoms with E-state index in [1.165, 1.54) is 6.20 Å². The molecule has 5 heteroatoms. The number of carbonyl (C=O) groups is 1. The number of pyridine rings is 1. The topological polar surface area (TPSA) is 42.0 Å². The fraction of sp³-hybridized carbons (Fsp3) is 0.455. The number of hydrogen-bond acceptors (Lipinski definition) is 2. The number of nitrogens with zero attached hydrogens (tertiary/aromatic N) is 1. The molecule has 1 amide bonds. The van der Waals surface area contributed by atoms with Gasteiger partial charge >= 0.3 is 0 Å². The van der Waals surface area contributed by atoms with Gasteiger partial charge in [-0.15, -0.1) is 0 Å². The van der Waals surface area contributed by atoms with Crippen molar-refractivity contribution < 1.29 is 4.79 Å². The zero-order valence-electron chi connectivity index (χ0n) is 9.04. The van der Waals surface area contributed by atoms with Crippen molar-refractivity contribution in [3.8, 4) is 0 Å². The molecule has 0 radical (unpaired) electrons. The van der Waals surface area contributed by atoms with E-state index in [0.29, 0.717) is 22.0 Å². The summed E-state index contributed by atoms with van der Waals surface area (Å²) in [4.78, 5) is 15.9. The van der Waals surface area contributed by atoms with E-state index in [1.807, 2.05) is 0 Å². The molecule has 1 aromatic heterocycles. The summed E-state index contributed by atoms with van der Waals surface area (Å²) in [6.07, 6.45) is 5.14. The molecular formula is C11H14BrClN2O. The third kappa shape index (κ3) is 4.10. The van der Waals surface area contributed by atoms with Crippen molar-refractivity contribution in [2.75, 3.05) is 6.54 Å². The highest BCUT2D eigenvalue weighted by Gasteiger charge is 2.11. The zero-order chi connectivity index (χ0) is 12.0. The zero-order valence-corrected chi connectivity index (χ0v) is 11.4. The number of aromatic nitrogens is 1. The van der Waals surface area contributed by atoms with E-state index >= 15 is 0 Å². The van der Waals surface area contributed by atoms with Gasteiger partial charge in [-0.3, -0.25) is 9.78 Å².